The van der Waals surface area contributed by atoms with E-state index in [0.29, 0.717) is 0 Å². The van der Waals surface area contributed by atoms with Gasteiger partial charge >= 0.3 is 0 Å². The van der Waals surface area contributed by atoms with Gasteiger partial charge in [-0.1, -0.05) is 13.0 Å². The molecule has 0 heterocycles. The van der Waals surface area contributed by atoms with Gasteiger partial charge in [0.15, 0.2) is 0 Å². The molecule has 0 spiro atoms. The number of nitrogens with zero attached hydrogens (tertiary/aromatic N) is 1. The number of rotatable bonds is 3. The largest absolute Gasteiger partial charge is 0.264 e. The van der Waals surface area contributed by atoms with Crippen LogP contribution in [0.3, 0.4) is 0 Å². The van der Waals surface area contributed by atoms with Crippen LogP contribution in [0.2, 0.25) is 0 Å². The summed E-state index contributed by atoms with van der Waals surface area (Å²) in [4.78, 5) is 9.96. The molecule has 0 radical (unpaired) electrons. The van der Waals surface area contributed by atoms with Gasteiger partial charge in [0.1, 0.15) is 0 Å². The van der Waals surface area contributed by atoms with E-state index >= 15 is 0 Å². The molecule has 0 N–H and O–H groups in total. The van der Waals surface area contributed by atoms with Crippen molar-refractivity contribution in [2.45, 2.75) is 33.2 Å². The molecule has 58 valence electrons. The molecule has 0 aliphatic heterocycles. The molecule has 1 atom stereocenters. The molecule has 0 saturated heterocycles. The van der Waals surface area contributed by atoms with E-state index in [1.165, 1.54) is 0 Å². The average Bonchev–Trinajstić information content (AvgIpc) is 1.90. The first-order chi connectivity index (χ1) is 4.63. The van der Waals surface area contributed by atoms with Gasteiger partial charge in [-0.05, 0) is 18.9 Å². The lowest BCUT2D eigenvalue weighted by molar-refractivity contribution is -0.507. The van der Waals surface area contributed by atoms with Gasteiger partial charge in [0, 0.05) is 11.8 Å². The molecule has 0 saturated carbocycles. The second-order valence-electron chi connectivity index (χ2n) is 2.18. The predicted molar refractivity (Wildman–Crippen MR) is 40.5 cm³/mol. The summed E-state index contributed by atoms with van der Waals surface area (Å²) >= 11 is 0. The highest BCUT2D eigenvalue weighted by Crippen LogP contribution is 2.08. The minimum absolute atomic E-state index is 0.265. The summed E-state index contributed by atoms with van der Waals surface area (Å²) in [6.45, 7) is 5.37. The Balaban J connectivity index is 4.17. The SMILES string of the molecule is C/C=C(\CC)C(C)[N+](=O)[O-]. The molecule has 0 aromatic heterocycles. The Hall–Kier alpha value is -0.860. The molecule has 0 aliphatic rings. The molecule has 0 amide bonds. The third kappa shape index (κ3) is 2.17. The normalized spacial score (nSPS) is 14.9. The minimum atomic E-state index is -0.519. The van der Waals surface area contributed by atoms with Crippen LogP contribution in [0.25, 0.3) is 0 Å². The Morgan fingerprint density at radius 2 is 2.30 bits per heavy atom. The van der Waals surface area contributed by atoms with Gasteiger partial charge in [-0.3, -0.25) is 10.1 Å². The molecule has 0 aromatic carbocycles. The van der Waals surface area contributed by atoms with Crippen LogP contribution in [0, 0.1) is 10.1 Å². The Bertz CT molecular complexity index is 152. The second-order valence-corrected chi connectivity index (χ2v) is 2.18. The topological polar surface area (TPSA) is 43.1 Å². The van der Waals surface area contributed by atoms with Crippen molar-refractivity contribution in [3.05, 3.63) is 21.8 Å². The fraction of sp³-hybridized carbons (Fsp3) is 0.714. The third-order valence-corrected chi connectivity index (χ3v) is 1.63. The number of allylic oxidation sites excluding steroid dienone is 1. The van der Waals surface area contributed by atoms with Crippen LogP contribution in [-0.4, -0.2) is 11.0 Å². The van der Waals surface area contributed by atoms with E-state index in [1.54, 1.807) is 6.92 Å². The zero-order valence-electron chi connectivity index (χ0n) is 6.63. The Morgan fingerprint density at radius 3 is 2.40 bits per heavy atom. The van der Waals surface area contributed by atoms with Crippen molar-refractivity contribution in [3.63, 3.8) is 0 Å². The van der Waals surface area contributed by atoms with E-state index in [-0.39, 0.29) is 4.92 Å². The zero-order chi connectivity index (χ0) is 8.15. The molecule has 3 nitrogen and oxygen atoms in total. The van der Waals surface area contributed by atoms with E-state index in [4.69, 9.17) is 0 Å². The van der Waals surface area contributed by atoms with Crippen LogP contribution in [0.15, 0.2) is 11.6 Å². The smallest absolute Gasteiger partial charge is 0.231 e. The Morgan fingerprint density at radius 1 is 1.80 bits per heavy atom. The second kappa shape index (κ2) is 4.04. The van der Waals surface area contributed by atoms with Crippen molar-refractivity contribution in [2.75, 3.05) is 0 Å². The highest BCUT2D eigenvalue weighted by molar-refractivity contribution is 5.04. The van der Waals surface area contributed by atoms with Crippen molar-refractivity contribution >= 4 is 0 Å². The summed E-state index contributed by atoms with van der Waals surface area (Å²) in [5, 5.41) is 10.2. The van der Waals surface area contributed by atoms with E-state index in [0.717, 1.165) is 12.0 Å². The lowest BCUT2D eigenvalue weighted by Crippen LogP contribution is -2.17. The molecule has 0 aromatic rings. The van der Waals surface area contributed by atoms with Crippen molar-refractivity contribution in [2.24, 2.45) is 0 Å². The first kappa shape index (κ1) is 9.14. The van der Waals surface area contributed by atoms with Gasteiger partial charge < -0.3 is 0 Å². The summed E-state index contributed by atoms with van der Waals surface area (Å²) in [5.41, 5.74) is 0.894. The van der Waals surface area contributed by atoms with Crippen LogP contribution >= 0.6 is 0 Å². The van der Waals surface area contributed by atoms with E-state index in [1.807, 2.05) is 19.9 Å². The van der Waals surface area contributed by atoms with Crippen LogP contribution in [0.5, 0.6) is 0 Å². The van der Waals surface area contributed by atoms with Gasteiger partial charge in [0.25, 0.3) is 0 Å². The zero-order valence-corrected chi connectivity index (χ0v) is 6.63. The summed E-state index contributed by atoms with van der Waals surface area (Å²) in [6.07, 6.45) is 2.58. The van der Waals surface area contributed by atoms with Crippen LogP contribution < -0.4 is 0 Å². The monoisotopic (exact) mass is 143 g/mol. The van der Waals surface area contributed by atoms with Crippen LogP contribution in [-0.2, 0) is 0 Å². The number of hydrogen-bond acceptors (Lipinski definition) is 2. The highest BCUT2D eigenvalue weighted by Gasteiger charge is 2.15. The third-order valence-electron chi connectivity index (χ3n) is 1.63. The summed E-state index contributed by atoms with van der Waals surface area (Å²) < 4.78 is 0. The molecule has 1 unspecified atom stereocenters. The molecule has 0 bridgehead atoms. The fourth-order valence-corrected chi connectivity index (χ4v) is 0.876. The molecule has 3 heteroatoms. The maximum absolute atomic E-state index is 10.2. The van der Waals surface area contributed by atoms with E-state index < -0.39 is 6.04 Å². The predicted octanol–water partition coefficient (Wildman–Crippen LogP) is 2.01. The average molecular weight is 143 g/mol. The lowest BCUT2D eigenvalue weighted by atomic mass is 10.1. The summed E-state index contributed by atoms with van der Waals surface area (Å²) in [6, 6.07) is -0.519. The molecular weight excluding hydrogens is 130 g/mol. The summed E-state index contributed by atoms with van der Waals surface area (Å²) in [5.74, 6) is 0. The standard InChI is InChI=1S/C7H13NO2/c1-4-7(5-2)6(3)8(9)10/h4,6H,5H2,1-3H3/b7-4+. The number of hydrogen-bond donors (Lipinski definition) is 0. The van der Waals surface area contributed by atoms with Crippen molar-refractivity contribution in [1.29, 1.82) is 0 Å². The lowest BCUT2D eigenvalue weighted by Gasteiger charge is -2.04. The molecular formula is C7H13NO2. The molecule has 10 heavy (non-hydrogen) atoms. The maximum atomic E-state index is 10.2. The highest BCUT2D eigenvalue weighted by atomic mass is 16.6. The Kier molecular flexibility index (Phi) is 3.69. The Labute approximate surface area is 60.9 Å². The molecule has 0 rings (SSSR count). The van der Waals surface area contributed by atoms with Gasteiger partial charge in [0.05, 0.1) is 0 Å². The van der Waals surface area contributed by atoms with E-state index in [9.17, 15) is 10.1 Å². The van der Waals surface area contributed by atoms with Gasteiger partial charge in [-0.15, -0.1) is 0 Å². The van der Waals surface area contributed by atoms with Crippen molar-refractivity contribution in [1.82, 2.24) is 0 Å². The van der Waals surface area contributed by atoms with Gasteiger partial charge in [-0.25, -0.2) is 0 Å². The quantitative estimate of drug-likeness (QED) is 0.344. The number of nitro groups is 1. The maximum Gasteiger partial charge on any atom is 0.231 e. The van der Waals surface area contributed by atoms with Gasteiger partial charge in [0.2, 0.25) is 6.04 Å². The van der Waals surface area contributed by atoms with Gasteiger partial charge in [-0.2, -0.15) is 0 Å². The minimum Gasteiger partial charge on any atom is -0.264 e. The first-order valence-corrected chi connectivity index (χ1v) is 3.42. The fourth-order valence-electron chi connectivity index (χ4n) is 0.876. The van der Waals surface area contributed by atoms with Crippen LogP contribution in [0.4, 0.5) is 0 Å². The van der Waals surface area contributed by atoms with Crippen molar-refractivity contribution in [3.8, 4) is 0 Å². The van der Waals surface area contributed by atoms with Crippen LogP contribution in [0.1, 0.15) is 27.2 Å². The summed E-state index contributed by atoms with van der Waals surface area (Å²) in [7, 11) is 0. The molecule has 0 aliphatic carbocycles. The van der Waals surface area contributed by atoms with Crippen molar-refractivity contribution < 1.29 is 4.92 Å². The first-order valence-electron chi connectivity index (χ1n) is 3.42. The van der Waals surface area contributed by atoms with E-state index in [2.05, 4.69) is 0 Å². The molecule has 0 fully saturated rings.